The van der Waals surface area contributed by atoms with Gasteiger partial charge >= 0.3 is 6.18 Å². The van der Waals surface area contributed by atoms with Crippen LogP contribution in [0.3, 0.4) is 0 Å². The van der Waals surface area contributed by atoms with Crippen molar-refractivity contribution in [3.63, 3.8) is 0 Å². The van der Waals surface area contributed by atoms with Gasteiger partial charge in [0, 0.05) is 49.5 Å². The number of hydrogen-bond acceptors (Lipinski definition) is 6. The number of alkyl halides is 3. The molecule has 0 radical (unpaired) electrons. The maximum atomic E-state index is 13.2. The number of aromatic nitrogens is 4. The number of ether oxygens (including phenoxy) is 1. The Hall–Kier alpha value is -3.63. The molecule has 34 heavy (non-hydrogen) atoms. The van der Waals surface area contributed by atoms with Crippen molar-refractivity contribution in [2.24, 2.45) is 5.92 Å². The Morgan fingerprint density at radius 2 is 1.97 bits per heavy atom. The number of carbonyl (C=O) groups is 1. The third kappa shape index (κ3) is 3.84. The molecule has 1 atom stereocenters. The molecule has 3 aromatic rings. The number of nitrogens with zero attached hydrogens (tertiary/aromatic N) is 6. The van der Waals surface area contributed by atoms with Crippen LogP contribution in [0.25, 0.3) is 10.9 Å². The summed E-state index contributed by atoms with van der Waals surface area (Å²) in [7, 11) is 1.61. The van der Waals surface area contributed by atoms with E-state index in [0.29, 0.717) is 19.5 Å². The summed E-state index contributed by atoms with van der Waals surface area (Å²) < 4.78 is 45.6. The van der Waals surface area contributed by atoms with Crippen LogP contribution in [0.1, 0.15) is 18.1 Å². The van der Waals surface area contributed by atoms with Crippen molar-refractivity contribution in [1.82, 2.24) is 24.6 Å². The normalized spacial score (nSPS) is 18.8. The first kappa shape index (κ1) is 22.2. The van der Waals surface area contributed by atoms with E-state index >= 15 is 0 Å². The maximum absolute atomic E-state index is 13.2. The number of pyridine rings is 1. The first-order valence-electron chi connectivity index (χ1n) is 10.9. The van der Waals surface area contributed by atoms with Crippen molar-refractivity contribution in [2.75, 3.05) is 31.6 Å². The van der Waals surface area contributed by atoms with E-state index in [4.69, 9.17) is 4.74 Å². The van der Waals surface area contributed by atoms with Gasteiger partial charge in [0.25, 0.3) is 0 Å². The smallest absolute Gasteiger partial charge is 0.451 e. The highest BCUT2D eigenvalue weighted by molar-refractivity contribution is 5.93. The Labute approximate surface area is 193 Å². The van der Waals surface area contributed by atoms with Gasteiger partial charge in [-0.1, -0.05) is 6.58 Å². The van der Waals surface area contributed by atoms with E-state index < -0.39 is 12.0 Å². The van der Waals surface area contributed by atoms with Gasteiger partial charge in [-0.15, -0.1) is 10.2 Å². The predicted octanol–water partition coefficient (Wildman–Crippen LogP) is 3.28. The standard InChI is InChI=1S/C23H23F3N6O2/c1-14-12-30(19-5-7-27-18-11-15(34-2)3-4-17(18)19)8-6-16(14)21(33)31-9-10-32-20(13-31)28-29-22(32)23(24,25)26/h3-5,7,11,16H,1,6,8-10,12-13H2,2H3/t16-/m0/s1. The summed E-state index contributed by atoms with van der Waals surface area (Å²) >= 11 is 0. The number of halogens is 3. The second kappa shape index (κ2) is 8.30. The lowest BCUT2D eigenvalue weighted by atomic mass is 9.90. The molecule has 1 amide bonds. The largest absolute Gasteiger partial charge is 0.497 e. The van der Waals surface area contributed by atoms with Crippen molar-refractivity contribution in [3.8, 4) is 5.75 Å². The summed E-state index contributed by atoms with van der Waals surface area (Å²) in [6, 6.07) is 7.68. The zero-order chi connectivity index (χ0) is 24.0. The topological polar surface area (TPSA) is 76.4 Å². The first-order valence-corrected chi connectivity index (χ1v) is 10.9. The number of piperidine rings is 1. The van der Waals surface area contributed by atoms with Gasteiger partial charge in [0.2, 0.25) is 11.7 Å². The number of rotatable bonds is 3. The Balaban J connectivity index is 1.30. The van der Waals surface area contributed by atoms with E-state index in [0.717, 1.165) is 32.5 Å². The van der Waals surface area contributed by atoms with Crippen LogP contribution in [0, 0.1) is 5.92 Å². The Morgan fingerprint density at radius 1 is 1.15 bits per heavy atom. The molecular weight excluding hydrogens is 449 g/mol. The molecule has 0 spiro atoms. The summed E-state index contributed by atoms with van der Waals surface area (Å²) in [6.07, 6.45) is -2.26. The van der Waals surface area contributed by atoms with Gasteiger partial charge in [-0.2, -0.15) is 13.2 Å². The highest BCUT2D eigenvalue weighted by Crippen LogP contribution is 2.34. The van der Waals surface area contributed by atoms with Crippen molar-refractivity contribution in [3.05, 3.63) is 54.3 Å². The van der Waals surface area contributed by atoms with Crippen LogP contribution in [-0.4, -0.2) is 57.3 Å². The molecule has 178 valence electrons. The zero-order valence-electron chi connectivity index (χ0n) is 18.5. The second-order valence-electron chi connectivity index (χ2n) is 8.48. The SMILES string of the molecule is C=C1CN(c2ccnc3cc(OC)ccc23)CC[C@@H]1C(=O)N1CCn2c(nnc2C(F)(F)F)C1. The van der Waals surface area contributed by atoms with Crippen molar-refractivity contribution in [2.45, 2.75) is 25.7 Å². The van der Waals surface area contributed by atoms with Crippen LogP contribution in [0.15, 0.2) is 42.6 Å². The highest BCUT2D eigenvalue weighted by atomic mass is 19.4. The van der Waals surface area contributed by atoms with E-state index in [2.05, 4.69) is 26.7 Å². The number of carbonyl (C=O) groups excluding carboxylic acids is 1. The summed E-state index contributed by atoms with van der Waals surface area (Å²) in [5.41, 5.74) is 2.60. The number of amides is 1. The second-order valence-corrected chi connectivity index (χ2v) is 8.48. The van der Waals surface area contributed by atoms with Crippen LogP contribution in [0.2, 0.25) is 0 Å². The van der Waals surface area contributed by atoms with Crippen LogP contribution in [0.4, 0.5) is 18.9 Å². The molecule has 1 saturated heterocycles. The molecule has 0 aliphatic carbocycles. The minimum atomic E-state index is -4.57. The van der Waals surface area contributed by atoms with Gasteiger partial charge in [0.05, 0.1) is 25.1 Å². The molecule has 2 aliphatic heterocycles. The average Bonchev–Trinajstić information content (AvgIpc) is 3.27. The van der Waals surface area contributed by atoms with E-state index in [1.54, 1.807) is 18.2 Å². The Morgan fingerprint density at radius 3 is 2.71 bits per heavy atom. The summed E-state index contributed by atoms with van der Waals surface area (Å²) in [5.74, 6) is -0.661. The lowest BCUT2D eigenvalue weighted by molar-refractivity contribution is -0.148. The lowest BCUT2D eigenvalue weighted by Gasteiger charge is -2.38. The van der Waals surface area contributed by atoms with Crippen LogP contribution in [-0.2, 0) is 24.1 Å². The van der Waals surface area contributed by atoms with Gasteiger partial charge in [0.15, 0.2) is 5.82 Å². The van der Waals surface area contributed by atoms with Crippen LogP contribution in [0.5, 0.6) is 5.75 Å². The molecule has 0 bridgehead atoms. The molecule has 11 heteroatoms. The molecule has 0 saturated carbocycles. The van der Waals surface area contributed by atoms with Gasteiger partial charge in [0.1, 0.15) is 5.75 Å². The van der Waals surface area contributed by atoms with Gasteiger partial charge < -0.3 is 19.1 Å². The minimum Gasteiger partial charge on any atom is -0.497 e. The van der Waals surface area contributed by atoms with Crippen LogP contribution < -0.4 is 9.64 Å². The Kier molecular flexibility index (Phi) is 5.41. The van der Waals surface area contributed by atoms with E-state index in [-0.39, 0.29) is 37.3 Å². The quantitative estimate of drug-likeness (QED) is 0.545. The number of fused-ring (bicyclic) bond motifs is 2. The number of hydrogen-bond donors (Lipinski definition) is 0. The molecule has 0 unspecified atom stereocenters. The van der Waals surface area contributed by atoms with Crippen LogP contribution >= 0.6 is 0 Å². The van der Waals surface area contributed by atoms with E-state index in [1.165, 1.54) is 0 Å². The van der Waals surface area contributed by atoms with Crippen molar-refractivity contribution < 1.29 is 22.7 Å². The number of methoxy groups -OCH3 is 1. The van der Waals surface area contributed by atoms with Crippen molar-refractivity contribution in [1.29, 1.82) is 0 Å². The molecule has 1 aromatic carbocycles. The monoisotopic (exact) mass is 472 g/mol. The minimum absolute atomic E-state index is 0.00618. The fourth-order valence-corrected chi connectivity index (χ4v) is 4.72. The molecule has 1 fully saturated rings. The van der Waals surface area contributed by atoms with E-state index in [9.17, 15) is 18.0 Å². The Bertz CT molecular complexity index is 1270. The summed E-state index contributed by atoms with van der Waals surface area (Å²) in [5, 5.41) is 7.93. The van der Waals surface area contributed by atoms with Crippen molar-refractivity contribution >= 4 is 22.5 Å². The number of anilines is 1. The first-order chi connectivity index (χ1) is 16.3. The molecule has 2 aliphatic rings. The molecular formula is C23H23F3N6O2. The van der Waals surface area contributed by atoms with Gasteiger partial charge in [-0.3, -0.25) is 9.78 Å². The maximum Gasteiger partial charge on any atom is 0.451 e. The average molecular weight is 472 g/mol. The molecule has 0 N–H and O–H groups in total. The third-order valence-corrected chi connectivity index (χ3v) is 6.46. The van der Waals surface area contributed by atoms with Gasteiger partial charge in [-0.05, 0) is 30.2 Å². The highest BCUT2D eigenvalue weighted by Gasteiger charge is 2.41. The molecule has 5 rings (SSSR count). The summed E-state index contributed by atoms with van der Waals surface area (Å²) in [6.45, 7) is 5.51. The fourth-order valence-electron chi connectivity index (χ4n) is 4.72. The molecule has 4 heterocycles. The van der Waals surface area contributed by atoms with Gasteiger partial charge in [-0.25, -0.2) is 0 Å². The lowest BCUT2D eigenvalue weighted by Crippen LogP contribution is -2.46. The number of benzene rings is 1. The summed E-state index contributed by atoms with van der Waals surface area (Å²) in [4.78, 5) is 21.4. The van der Waals surface area contributed by atoms with E-state index in [1.807, 2.05) is 24.3 Å². The molecule has 8 nitrogen and oxygen atoms in total. The third-order valence-electron chi connectivity index (χ3n) is 6.46. The predicted molar refractivity (Wildman–Crippen MR) is 118 cm³/mol. The zero-order valence-corrected chi connectivity index (χ0v) is 18.5. The fraction of sp³-hybridized carbons (Fsp3) is 0.391. The molecule has 2 aromatic heterocycles.